The van der Waals surface area contributed by atoms with E-state index in [9.17, 15) is 10.1 Å². The van der Waals surface area contributed by atoms with Gasteiger partial charge in [-0.3, -0.25) is 10.1 Å². The van der Waals surface area contributed by atoms with Crippen LogP contribution in [-0.2, 0) is 6.54 Å². The van der Waals surface area contributed by atoms with Crippen molar-refractivity contribution in [3.05, 3.63) is 33.9 Å². The zero-order valence-corrected chi connectivity index (χ0v) is 11.0. The molecule has 0 radical (unpaired) electrons. The molecule has 1 aromatic carbocycles. The molecule has 0 bridgehead atoms. The van der Waals surface area contributed by atoms with Gasteiger partial charge in [0, 0.05) is 24.2 Å². The molecule has 0 saturated heterocycles. The summed E-state index contributed by atoms with van der Waals surface area (Å²) in [4.78, 5) is 10.3. The lowest BCUT2D eigenvalue weighted by Gasteiger charge is -2.11. The summed E-state index contributed by atoms with van der Waals surface area (Å²) in [7, 11) is 0. The Balaban J connectivity index is 2.84. The number of hydrogen-bond donors (Lipinski definition) is 1. The van der Waals surface area contributed by atoms with E-state index in [4.69, 9.17) is 10.00 Å². The predicted octanol–water partition coefficient (Wildman–Crippen LogP) is 2.24. The van der Waals surface area contributed by atoms with Gasteiger partial charge in [-0.15, -0.1) is 0 Å². The summed E-state index contributed by atoms with van der Waals surface area (Å²) in [6, 6.07) is 6.25. The average molecular weight is 263 g/mol. The first-order valence-electron chi connectivity index (χ1n) is 6.02. The maximum absolute atomic E-state index is 10.8. The minimum atomic E-state index is -0.444. The van der Waals surface area contributed by atoms with Crippen LogP contribution >= 0.6 is 0 Å². The molecule has 102 valence electrons. The number of nitriles is 1. The monoisotopic (exact) mass is 263 g/mol. The van der Waals surface area contributed by atoms with Gasteiger partial charge in [0.25, 0.3) is 5.69 Å². The molecular weight excluding hydrogens is 246 g/mol. The van der Waals surface area contributed by atoms with Crippen molar-refractivity contribution in [3.63, 3.8) is 0 Å². The Labute approximate surface area is 112 Å². The van der Waals surface area contributed by atoms with E-state index in [-0.39, 0.29) is 12.3 Å². The van der Waals surface area contributed by atoms with Crippen LogP contribution in [0.3, 0.4) is 0 Å². The van der Waals surface area contributed by atoms with Crippen LogP contribution in [-0.4, -0.2) is 18.1 Å². The van der Waals surface area contributed by atoms with Crippen LogP contribution in [0.4, 0.5) is 5.69 Å². The number of nitrogens with one attached hydrogen (secondary N) is 1. The van der Waals surface area contributed by atoms with E-state index in [1.807, 2.05) is 6.07 Å². The summed E-state index contributed by atoms with van der Waals surface area (Å²) in [6.45, 7) is 5.36. The van der Waals surface area contributed by atoms with Crippen LogP contribution in [0.15, 0.2) is 18.2 Å². The fourth-order valence-corrected chi connectivity index (χ4v) is 1.56. The van der Waals surface area contributed by atoms with Gasteiger partial charge in [0.2, 0.25) is 0 Å². The highest BCUT2D eigenvalue weighted by Crippen LogP contribution is 2.24. The number of rotatable bonds is 7. The third-order valence-electron chi connectivity index (χ3n) is 2.42. The zero-order valence-electron chi connectivity index (χ0n) is 11.0. The maximum atomic E-state index is 10.8. The number of nitro benzene ring substituents is 1. The van der Waals surface area contributed by atoms with E-state index in [1.165, 1.54) is 18.2 Å². The Hall–Kier alpha value is -2.13. The van der Waals surface area contributed by atoms with Gasteiger partial charge in [-0.25, -0.2) is 0 Å². The van der Waals surface area contributed by atoms with Crippen LogP contribution in [0.1, 0.15) is 19.4 Å². The van der Waals surface area contributed by atoms with Crippen molar-refractivity contribution in [1.82, 2.24) is 5.32 Å². The van der Waals surface area contributed by atoms with Crippen LogP contribution in [0, 0.1) is 27.4 Å². The second-order valence-corrected chi connectivity index (χ2v) is 4.52. The van der Waals surface area contributed by atoms with Crippen LogP contribution in [0.2, 0.25) is 0 Å². The second kappa shape index (κ2) is 7.34. The summed E-state index contributed by atoms with van der Waals surface area (Å²) >= 11 is 0. The highest BCUT2D eigenvalue weighted by atomic mass is 16.6. The molecule has 0 saturated carbocycles. The summed E-state index contributed by atoms with van der Waals surface area (Å²) in [5.74, 6) is 0.991. The molecule has 0 heterocycles. The number of nitro groups is 1. The van der Waals surface area contributed by atoms with Crippen LogP contribution in [0.25, 0.3) is 0 Å². The van der Waals surface area contributed by atoms with E-state index in [0.29, 0.717) is 23.8 Å². The van der Waals surface area contributed by atoms with Crippen molar-refractivity contribution in [3.8, 4) is 11.8 Å². The molecule has 0 unspecified atom stereocenters. The van der Waals surface area contributed by atoms with Gasteiger partial charge in [0.05, 0.1) is 4.92 Å². The van der Waals surface area contributed by atoms with Crippen molar-refractivity contribution < 1.29 is 9.66 Å². The fraction of sp³-hybridized carbons (Fsp3) is 0.462. The van der Waals surface area contributed by atoms with Gasteiger partial charge in [-0.05, 0) is 18.5 Å². The maximum Gasteiger partial charge on any atom is 0.270 e. The number of ether oxygens (including phenoxy) is 1. The van der Waals surface area contributed by atoms with Crippen LogP contribution < -0.4 is 10.1 Å². The number of nitrogens with zero attached hydrogens (tertiary/aromatic N) is 2. The molecule has 0 amide bonds. The lowest BCUT2D eigenvalue weighted by atomic mass is 10.1. The first kappa shape index (κ1) is 14.9. The Morgan fingerprint density at radius 1 is 1.53 bits per heavy atom. The molecule has 6 nitrogen and oxygen atoms in total. The minimum absolute atomic E-state index is 0.0191. The van der Waals surface area contributed by atoms with Gasteiger partial charge in [0.15, 0.2) is 6.61 Å². The molecule has 0 spiro atoms. The molecule has 1 N–H and O–H groups in total. The minimum Gasteiger partial charge on any atom is -0.478 e. The second-order valence-electron chi connectivity index (χ2n) is 4.52. The quantitative estimate of drug-likeness (QED) is 0.602. The number of hydrogen-bond acceptors (Lipinski definition) is 5. The van der Waals surface area contributed by atoms with E-state index in [1.54, 1.807) is 0 Å². The third kappa shape index (κ3) is 4.94. The van der Waals surface area contributed by atoms with Gasteiger partial charge in [-0.2, -0.15) is 5.26 Å². The average Bonchev–Trinajstić information content (AvgIpc) is 2.36. The first-order valence-corrected chi connectivity index (χ1v) is 6.02. The zero-order chi connectivity index (χ0) is 14.3. The van der Waals surface area contributed by atoms with Crippen molar-refractivity contribution in [2.75, 3.05) is 13.2 Å². The first-order chi connectivity index (χ1) is 9.04. The molecule has 0 aliphatic heterocycles. The molecule has 19 heavy (non-hydrogen) atoms. The molecule has 0 aliphatic carbocycles. The SMILES string of the molecule is CC(C)CNCc1cc([N+](=O)[O-])ccc1OCC#N. The van der Waals surface area contributed by atoms with Crippen molar-refractivity contribution >= 4 is 5.69 Å². The van der Waals surface area contributed by atoms with E-state index in [2.05, 4.69) is 19.2 Å². The fourth-order valence-electron chi connectivity index (χ4n) is 1.56. The Morgan fingerprint density at radius 3 is 2.84 bits per heavy atom. The van der Waals surface area contributed by atoms with Crippen molar-refractivity contribution in [2.45, 2.75) is 20.4 Å². The molecule has 0 aliphatic rings. The van der Waals surface area contributed by atoms with E-state index >= 15 is 0 Å². The number of benzene rings is 1. The summed E-state index contributed by atoms with van der Waals surface area (Å²) < 4.78 is 5.25. The lowest BCUT2D eigenvalue weighted by Crippen LogP contribution is -2.19. The normalized spacial score (nSPS) is 10.2. The van der Waals surface area contributed by atoms with Gasteiger partial charge >= 0.3 is 0 Å². The largest absolute Gasteiger partial charge is 0.478 e. The Kier molecular flexibility index (Phi) is 5.76. The van der Waals surface area contributed by atoms with Gasteiger partial charge in [0.1, 0.15) is 11.8 Å². The lowest BCUT2D eigenvalue weighted by molar-refractivity contribution is -0.384. The highest BCUT2D eigenvalue weighted by molar-refractivity contribution is 5.43. The summed E-state index contributed by atoms with van der Waals surface area (Å²) in [5, 5.41) is 22.5. The van der Waals surface area contributed by atoms with Gasteiger partial charge in [-0.1, -0.05) is 13.8 Å². The molecule has 0 atom stereocenters. The molecular formula is C13H17N3O3. The van der Waals surface area contributed by atoms with E-state index in [0.717, 1.165) is 6.54 Å². The molecule has 1 aromatic rings. The standard InChI is InChI=1S/C13H17N3O3/c1-10(2)8-15-9-11-7-12(16(17)18)3-4-13(11)19-6-5-14/h3-4,7,10,15H,6,8-9H2,1-2H3. The van der Waals surface area contributed by atoms with Crippen molar-refractivity contribution in [2.24, 2.45) is 5.92 Å². The third-order valence-corrected chi connectivity index (χ3v) is 2.42. The molecule has 0 aromatic heterocycles. The molecule has 6 heteroatoms. The molecule has 0 fully saturated rings. The Bertz CT molecular complexity index is 481. The highest BCUT2D eigenvalue weighted by Gasteiger charge is 2.11. The van der Waals surface area contributed by atoms with Gasteiger partial charge < -0.3 is 10.1 Å². The smallest absolute Gasteiger partial charge is 0.270 e. The predicted molar refractivity (Wildman–Crippen MR) is 70.7 cm³/mol. The number of non-ortho nitro benzene ring substituents is 1. The Morgan fingerprint density at radius 2 is 2.26 bits per heavy atom. The van der Waals surface area contributed by atoms with E-state index < -0.39 is 4.92 Å². The summed E-state index contributed by atoms with van der Waals surface area (Å²) in [5.41, 5.74) is 0.704. The summed E-state index contributed by atoms with van der Waals surface area (Å²) in [6.07, 6.45) is 0. The topological polar surface area (TPSA) is 88.2 Å². The van der Waals surface area contributed by atoms with Crippen molar-refractivity contribution in [1.29, 1.82) is 5.26 Å². The molecule has 1 rings (SSSR count). The van der Waals surface area contributed by atoms with Crippen LogP contribution in [0.5, 0.6) is 5.75 Å².